The van der Waals surface area contributed by atoms with Crippen LogP contribution < -0.4 is 11.3 Å². The quantitative estimate of drug-likeness (QED) is 0.460. The van der Waals surface area contributed by atoms with E-state index in [-0.39, 0.29) is 5.56 Å². The molecule has 1 aromatic rings. The Bertz CT molecular complexity index is 399. The average Bonchev–Trinajstić information content (AvgIpc) is 2.15. The fourth-order valence-corrected chi connectivity index (χ4v) is 1.14. The van der Waals surface area contributed by atoms with Gasteiger partial charge < -0.3 is 10.2 Å². The molecule has 0 unspecified atom stereocenters. The fraction of sp³-hybridized carbons (Fsp3) is 0.364. The summed E-state index contributed by atoms with van der Waals surface area (Å²) in [7, 11) is 0. The Morgan fingerprint density at radius 2 is 2.06 bits per heavy atom. The predicted molar refractivity (Wildman–Crippen MR) is 59.4 cm³/mol. The number of anilines is 1. The second kappa shape index (κ2) is 4.49. The molecule has 5 heteroatoms. The molecule has 16 heavy (non-hydrogen) atoms. The molecule has 0 aliphatic heterocycles. The van der Waals surface area contributed by atoms with Crippen LogP contribution in [-0.2, 0) is 4.74 Å². The van der Waals surface area contributed by atoms with Crippen LogP contribution in [0.1, 0.15) is 31.1 Å². The van der Waals surface area contributed by atoms with E-state index in [2.05, 4.69) is 5.43 Å². The molecule has 0 fully saturated rings. The summed E-state index contributed by atoms with van der Waals surface area (Å²) in [5, 5.41) is 0. The van der Waals surface area contributed by atoms with E-state index in [1.807, 2.05) is 0 Å². The van der Waals surface area contributed by atoms with Gasteiger partial charge in [0, 0.05) is 0 Å². The maximum atomic E-state index is 13.0. The van der Waals surface area contributed by atoms with Crippen molar-refractivity contribution in [2.45, 2.75) is 26.4 Å². The first-order valence-corrected chi connectivity index (χ1v) is 4.83. The highest BCUT2D eigenvalue weighted by molar-refractivity contribution is 5.95. The summed E-state index contributed by atoms with van der Waals surface area (Å²) in [5.74, 6) is 4.10. The van der Waals surface area contributed by atoms with E-state index in [1.165, 1.54) is 12.1 Å². The lowest BCUT2D eigenvalue weighted by Gasteiger charge is -2.20. The van der Waals surface area contributed by atoms with Gasteiger partial charge in [0.25, 0.3) is 0 Å². The third kappa shape index (κ3) is 3.20. The minimum atomic E-state index is -0.630. The molecule has 0 aliphatic rings. The van der Waals surface area contributed by atoms with Crippen LogP contribution in [0.3, 0.4) is 0 Å². The largest absolute Gasteiger partial charge is 0.456 e. The fourth-order valence-electron chi connectivity index (χ4n) is 1.14. The van der Waals surface area contributed by atoms with Crippen LogP contribution in [-0.4, -0.2) is 11.6 Å². The van der Waals surface area contributed by atoms with Gasteiger partial charge in [0.1, 0.15) is 11.4 Å². The van der Waals surface area contributed by atoms with Gasteiger partial charge in [-0.25, -0.2) is 9.18 Å². The summed E-state index contributed by atoms with van der Waals surface area (Å²) < 4.78 is 18.1. The molecule has 0 heterocycles. The molecule has 0 radical (unpaired) electrons. The van der Waals surface area contributed by atoms with Crippen molar-refractivity contribution in [2.24, 2.45) is 5.84 Å². The van der Waals surface area contributed by atoms with Crippen LogP contribution in [0.4, 0.5) is 10.1 Å². The van der Waals surface area contributed by atoms with Crippen molar-refractivity contribution in [3.63, 3.8) is 0 Å². The van der Waals surface area contributed by atoms with Crippen molar-refractivity contribution in [2.75, 3.05) is 5.43 Å². The molecule has 0 saturated carbocycles. The lowest BCUT2D eigenvalue weighted by molar-refractivity contribution is 0.00701. The van der Waals surface area contributed by atoms with Gasteiger partial charge in [-0.05, 0) is 39.0 Å². The molecule has 0 aliphatic carbocycles. The normalized spacial score (nSPS) is 11.1. The van der Waals surface area contributed by atoms with Gasteiger partial charge in [-0.3, -0.25) is 5.84 Å². The molecule has 0 spiro atoms. The zero-order valence-corrected chi connectivity index (χ0v) is 9.50. The van der Waals surface area contributed by atoms with E-state index >= 15 is 0 Å². The highest BCUT2D eigenvalue weighted by Crippen LogP contribution is 2.19. The molecule has 1 rings (SSSR count). The summed E-state index contributed by atoms with van der Waals surface area (Å²) in [4.78, 5) is 11.7. The lowest BCUT2D eigenvalue weighted by Crippen LogP contribution is -2.25. The smallest absolute Gasteiger partial charge is 0.340 e. The Kier molecular flexibility index (Phi) is 3.49. The summed E-state index contributed by atoms with van der Waals surface area (Å²) >= 11 is 0. The molecule has 0 bridgehead atoms. The number of hydrogen-bond acceptors (Lipinski definition) is 4. The topological polar surface area (TPSA) is 64.3 Å². The number of hydrogen-bond donors (Lipinski definition) is 2. The van der Waals surface area contributed by atoms with Gasteiger partial charge in [0.05, 0.1) is 11.3 Å². The van der Waals surface area contributed by atoms with Crippen LogP contribution in [0.5, 0.6) is 0 Å². The molecular formula is C11H15FN2O2. The molecule has 0 amide bonds. The lowest BCUT2D eigenvalue weighted by atomic mass is 10.1. The SMILES string of the molecule is CC(C)(C)OC(=O)c1cc(F)ccc1NN. The van der Waals surface area contributed by atoms with E-state index in [0.29, 0.717) is 5.69 Å². The first-order chi connectivity index (χ1) is 7.33. The number of carbonyl (C=O) groups is 1. The molecule has 1 aromatic carbocycles. The van der Waals surface area contributed by atoms with Crippen molar-refractivity contribution in [3.05, 3.63) is 29.6 Å². The van der Waals surface area contributed by atoms with Gasteiger partial charge in [-0.1, -0.05) is 0 Å². The number of esters is 1. The Labute approximate surface area is 93.6 Å². The number of ether oxygens (including phenoxy) is 1. The molecule has 0 atom stereocenters. The van der Waals surface area contributed by atoms with Gasteiger partial charge >= 0.3 is 5.97 Å². The maximum absolute atomic E-state index is 13.0. The van der Waals surface area contributed by atoms with Gasteiger partial charge in [0.2, 0.25) is 0 Å². The third-order valence-corrected chi connectivity index (χ3v) is 1.76. The Morgan fingerprint density at radius 3 is 2.56 bits per heavy atom. The number of carbonyl (C=O) groups excluding carboxylic acids is 1. The van der Waals surface area contributed by atoms with Crippen LogP contribution >= 0.6 is 0 Å². The Morgan fingerprint density at radius 1 is 1.44 bits per heavy atom. The number of hydrazine groups is 1. The van der Waals surface area contributed by atoms with E-state index in [9.17, 15) is 9.18 Å². The van der Waals surface area contributed by atoms with Gasteiger partial charge in [-0.15, -0.1) is 0 Å². The monoisotopic (exact) mass is 226 g/mol. The second-order valence-corrected chi connectivity index (χ2v) is 4.34. The maximum Gasteiger partial charge on any atom is 0.340 e. The second-order valence-electron chi connectivity index (χ2n) is 4.34. The summed E-state index contributed by atoms with van der Waals surface area (Å²) in [6.45, 7) is 5.21. The van der Waals surface area contributed by atoms with Crippen molar-refractivity contribution in [3.8, 4) is 0 Å². The molecule has 3 N–H and O–H groups in total. The van der Waals surface area contributed by atoms with E-state index < -0.39 is 17.4 Å². The minimum Gasteiger partial charge on any atom is -0.456 e. The zero-order chi connectivity index (χ0) is 12.3. The molecular weight excluding hydrogens is 211 g/mol. The van der Waals surface area contributed by atoms with Crippen LogP contribution in [0.15, 0.2) is 18.2 Å². The highest BCUT2D eigenvalue weighted by Gasteiger charge is 2.20. The summed E-state index contributed by atoms with van der Waals surface area (Å²) in [6.07, 6.45) is 0. The molecule has 0 aromatic heterocycles. The summed E-state index contributed by atoms with van der Waals surface area (Å²) in [6, 6.07) is 3.68. The van der Waals surface area contributed by atoms with Crippen molar-refractivity contribution in [1.82, 2.24) is 0 Å². The zero-order valence-electron chi connectivity index (χ0n) is 9.50. The Hall–Kier alpha value is -1.62. The van der Waals surface area contributed by atoms with Crippen LogP contribution in [0, 0.1) is 5.82 Å². The van der Waals surface area contributed by atoms with Crippen molar-refractivity contribution in [1.29, 1.82) is 0 Å². The van der Waals surface area contributed by atoms with Gasteiger partial charge in [-0.2, -0.15) is 0 Å². The number of nitrogens with one attached hydrogen (secondary N) is 1. The number of benzene rings is 1. The van der Waals surface area contributed by atoms with Crippen molar-refractivity contribution >= 4 is 11.7 Å². The van der Waals surface area contributed by atoms with Crippen LogP contribution in [0.2, 0.25) is 0 Å². The Balaban J connectivity index is 3.02. The molecule has 4 nitrogen and oxygen atoms in total. The van der Waals surface area contributed by atoms with E-state index in [4.69, 9.17) is 10.6 Å². The standard InChI is InChI=1S/C11H15FN2O2/c1-11(2,3)16-10(15)8-6-7(12)4-5-9(8)14-13/h4-6,14H,13H2,1-3H3. The van der Waals surface area contributed by atoms with Crippen LogP contribution in [0.25, 0.3) is 0 Å². The minimum absolute atomic E-state index is 0.0809. The van der Waals surface area contributed by atoms with E-state index in [1.54, 1.807) is 20.8 Å². The highest BCUT2D eigenvalue weighted by atomic mass is 19.1. The average molecular weight is 226 g/mol. The molecule has 88 valence electrons. The van der Waals surface area contributed by atoms with E-state index in [0.717, 1.165) is 6.07 Å². The van der Waals surface area contributed by atoms with Crippen molar-refractivity contribution < 1.29 is 13.9 Å². The number of nitrogens with two attached hydrogens (primary N) is 1. The first-order valence-electron chi connectivity index (χ1n) is 4.83. The number of rotatable bonds is 2. The predicted octanol–water partition coefficient (Wildman–Crippen LogP) is 2.07. The number of nitrogen functional groups attached to an aromatic ring is 1. The number of halogens is 1. The third-order valence-electron chi connectivity index (χ3n) is 1.76. The molecule has 0 saturated heterocycles. The van der Waals surface area contributed by atoms with Gasteiger partial charge in [0.15, 0.2) is 0 Å². The summed E-state index contributed by atoms with van der Waals surface area (Å²) in [5.41, 5.74) is 2.10. The first kappa shape index (κ1) is 12.4.